The molecule has 0 amide bonds. The summed E-state index contributed by atoms with van der Waals surface area (Å²) in [6.45, 7) is 6.70. The van der Waals surface area contributed by atoms with E-state index in [1.807, 2.05) is 6.92 Å². The number of cyclic esters (lactones) is 1. The van der Waals surface area contributed by atoms with Gasteiger partial charge in [0.15, 0.2) is 0 Å². The minimum absolute atomic E-state index is 0.0173. The molecule has 4 fully saturated rings. The predicted molar refractivity (Wildman–Crippen MR) is 146 cm³/mol. The second-order valence-electron chi connectivity index (χ2n) is 13.4. The van der Waals surface area contributed by atoms with E-state index in [1.54, 1.807) is 0 Å². The maximum Gasteiger partial charge on any atom is 0.331 e. The predicted octanol–water partition coefficient (Wildman–Crippen LogP) is 1.92. The van der Waals surface area contributed by atoms with Crippen molar-refractivity contribution in [1.82, 2.24) is 0 Å². The fourth-order valence-corrected chi connectivity index (χ4v) is 9.80. The number of carbonyl (C=O) groups is 5. The molecule has 0 aromatic carbocycles. The van der Waals surface area contributed by atoms with Crippen LogP contribution in [0.5, 0.6) is 0 Å². The van der Waals surface area contributed by atoms with E-state index in [-0.39, 0.29) is 44.8 Å². The lowest BCUT2D eigenvalue weighted by Gasteiger charge is -2.68. The van der Waals surface area contributed by atoms with Crippen molar-refractivity contribution in [2.24, 2.45) is 28.6 Å². The van der Waals surface area contributed by atoms with Crippen LogP contribution in [0.15, 0.2) is 11.6 Å². The van der Waals surface area contributed by atoms with Gasteiger partial charge in [-0.3, -0.25) is 19.2 Å². The van der Waals surface area contributed by atoms with Gasteiger partial charge in [0.1, 0.15) is 31.5 Å². The van der Waals surface area contributed by atoms with Crippen LogP contribution in [0.25, 0.3) is 0 Å². The van der Waals surface area contributed by atoms with E-state index in [0.29, 0.717) is 19.3 Å². The first-order chi connectivity index (χ1) is 20.1. The molecule has 0 saturated heterocycles. The van der Waals surface area contributed by atoms with Crippen molar-refractivity contribution in [3.8, 4) is 0 Å². The summed E-state index contributed by atoms with van der Waals surface area (Å²) in [5, 5.41) is 25.4. The molecule has 8 unspecified atom stereocenters. The molecule has 4 aliphatic carbocycles. The van der Waals surface area contributed by atoms with Gasteiger partial charge in [-0.05, 0) is 49.5 Å². The lowest BCUT2D eigenvalue weighted by Crippen LogP contribution is -2.76. The van der Waals surface area contributed by atoms with Gasteiger partial charge in [0.05, 0.1) is 16.6 Å². The minimum atomic E-state index is -1.68. The Morgan fingerprint density at radius 2 is 1.60 bits per heavy atom. The molecule has 0 bridgehead atoms. The normalized spacial score (nSPS) is 43.2. The van der Waals surface area contributed by atoms with E-state index in [1.165, 1.54) is 33.8 Å². The second kappa shape index (κ2) is 10.9. The Morgan fingerprint density at radius 3 is 2.19 bits per heavy atom. The molecule has 5 aliphatic rings. The van der Waals surface area contributed by atoms with Gasteiger partial charge in [0.2, 0.25) is 0 Å². The Bertz CT molecular complexity index is 1240. The molecule has 0 radical (unpaired) electrons. The first-order valence-electron chi connectivity index (χ1n) is 15.0. The van der Waals surface area contributed by atoms with Crippen molar-refractivity contribution in [3.63, 3.8) is 0 Å². The molecule has 1 heterocycles. The number of rotatable bonds is 6. The smallest absolute Gasteiger partial charge is 0.331 e. The molecule has 10 atom stereocenters. The average Bonchev–Trinajstić information content (AvgIpc) is 3.41. The zero-order chi connectivity index (χ0) is 31.5. The summed E-state index contributed by atoms with van der Waals surface area (Å²) in [5.41, 5.74) is -4.58. The molecular weight excluding hydrogens is 564 g/mol. The number of fused-ring (bicyclic) bond motifs is 5. The van der Waals surface area contributed by atoms with Crippen LogP contribution in [0, 0.1) is 28.6 Å². The molecule has 238 valence electrons. The van der Waals surface area contributed by atoms with Gasteiger partial charge in [0.25, 0.3) is 0 Å². The third-order valence-corrected chi connectivity index (χ3v) is 11.2. The third-order valence-electron chi connectivity index (χ3n) is 11.2. The second-order valence-corrected chi connectivity index (χ2v) is 13.4. The quantitative estimate of drug-likeness (QED) is 0.333. The van der Waals surface area contributed by atoms with Crippen LogP contribution in [0.2, 0.25) is 0 Å². The third kappa shape index (κ3) is 4.94. The van der Waals surface area contributed by atoms with Crippen molar-refractivity contribution in [2.75, 3.05) is 13.2 Å². The van der Waals surface area contributed by atoms with Crippen LogP contribution in [0.1, 0.15) is 79.6 Å². The lowest BCUT2D eigenvalue weighted by molar-refractivity contribution is -0.320. The van der Waals surface area contributed by atoms with Crippen molar-refractivity contribution in [2.45, 2.75) is 109 Å². The highest BCUT2D eigenvalue weighted by atomic mass is 16.6. The van der Waals surface area contributed by atoms with Crippen molar-refractivity contribution in [1.29, 1.82) is 0 Å². The fourth-order valence-electron chi connectivity index (χ4n) is 9.80. The molecule has 12 heteroatoms. The molecule has 2 N–H and O–H groups in total. The summed E-state index contributed by atoms with van der Waals surface area (Å²) in [6, 6.07) is 0. The average molecular weight is 607 g/mol. The molecule has 5 rings (SSSR count). The van der Waals surface area contributed by atoms with Gasteiger partial charge >= 0.3 is 29.8 Å². The molecule has 1 aliphatic heterocycles. The van der Waals surface area contributed by atoms with Crippen molar-refractivity contribution < 1.29 is 57.9 Å². The Labute approximate surface area is 250 Å². The highest BCUT2D eigenvalue weighted by Crippen LogP contribution is 2.71. The Morgan fingerprint density at radius 1 is 0.930 bits per heavy atom. The summed E-state index contributed by atoms with van der Waals surface area (Å²) >= 11 is 0. The standard InChI is InChI=1S/C31H42O12/c1-16(32)40-15-30-25(43-19(4)35)11-21(41-17(2)33)12-29(30,37)8-6-23-27(30)24(42-18(3)34)13-28(5)22(7-9-31(23,28)38)20-10-26(36)39-14-20/h10,21-25,27,37-38H,6-9,11-15H2,1-5H3/t21?,22?,23?,24-,25+,27?,28?,29?,30?,31?/m1/s1. The largest absolute Gasteiger partial charge is 0.465 e. The summed E-state index contributed by atoms with van der Waals surface area (Å²) in [6.07, 6.45) is 0.250. The van der Waals surface area contributed by atoms with E-state index in [9.17, 15) is 34.2 Å². The maximum atomic E-state index is 12.8. The number of hydrogen-bond donors (Lipinski definition) is 2. The first-order valence-corrected chi connectivity index (χ1v) is 15.0. The maximum absolute atomic E-state index is 12.8. The van der Waals surface area contributed by atoms with Gasteiger partial charge in [0, 0.05) is 57.9 Å². The Balaban J connectivity index is 1.68. The van der Waals surface area contributed by atoms with Crippen LogP contribution in [0.4, 0.5) is 0 Å². The minimum Gasteiger partial charge on any atom is -0.465 e. The van der Waals surface area contributed by atoms with Crippen LogP contribution in [-0.4, -0.2) is 82.8 Å². The van der Waals surface area contributed by atoms with Gasteiger partial charge in [-0.2, -0.15) is 0 Å². The van der Waals surface area contributed by atoms with Gasteiger partial charge in [-0.1, -0.05) is 6.92 Å². The van der Waals surface area contributed by atoms with Crippen LogP contribution >= 0.6 is 0 Å². The topological polar surface area (TPSA) is 172 Å². The molecule has 0 aromatic rings. The molecular formula is C31H42O12. The molecule has 43 heavy (non-hydrogen) atoms. The summed E-state index contributed by atoms with van der Waals surface area (Å²) < 4.78 is 28.3. The Hall–Kier alpha value is -2.99. The van der Waals surface area contributed by atoms with Gasteiger partial charge in [-0.25, -0.2) is 4.79 Å². The number of esters is 5. The van der Waals surface area contributed by atoms with Crippen molar-refractivity contribution in [3.05, 3.63) is 11.6 Å². The monoisotopic (exact) mass is 606 g/mol. The molecule has 0 spiro atoms. The molecule has 12 nitrogen and oxygen atoms in total. The van der Waals surface area contributed by atoms with Gasteiger partial charge in [-0.15, -0.1) is 0 Å². The Kier molecular flexibility index (Phi) is 7.95. The van der Waals surface area contributed by atoms with Crippen molar-refractivity contribution >= 4 is 29.8 Å². The lowest BCUT2D eigenvalue weighted by atomic mass is 9.40. The van der Waals surface area contributed by atoms with E-state index in [0.717, 1.165) is 5.57 Å². The number of hydrogen-bond acceptors (Lipinski definition) is 12. The van der Waals surface area contributed by atoms with E-state index >= 15 is 0 Å². The SMILES string of the molecule is CC(=O)OCC12C3C(CCC1(O)CC(OC(C)=O)C[C@@H]2OC(C)=O)C1(O)CCC(C2=CC(=O)OC2)C1(C)C[C@H]3OC(C)=O. The zero-order valence-electron chi connectivity index (χ0n) is 25.4. The van der Waals surface area contributed by atoms with Crippen LogP contribution < -0.4 is 0 Å². The highest BCUT2D eigenvalue weighted by Gasteiger charge is 2.77. The number of aliphatic hydroxyl groups is 2. The summed E-state index contributed by atoms with van der Waals surface area (Å²) in [4.78, 5) is 61.4. The van der Waals surface area contributed by atoms with Gasteiger partial charge < -0.3 is 33.9 Å². The fraction of sp³-hybridized carbons (Fsp3) is 0.774. The zero-order valence-corrected chi connectivity index (χ0v) is 25.4. The first kappa shape index (κ1) is 31.4. The summed E-state index contributed by atoms with van der Waals surface area (Å²) in [5.74, 6) is -4.43. The summed E-state index contributed by atoms with van der Waals surface area (Å²) in [7, 11) is 0. The van der Waals surface area contributed by atoms with Crippen LogP contribution in [0.3, 0.4) is 0 Å². The van der Waals surface area contributed by atoms with E-state index in [2.05, 4.69) is 0 Å². The highest BCUT2D eigenvalue weighted by molar-refractivity contribution is 5.85. The number of ether oxygens (including phenoxy) is 5. The molecule has 4 saturated carbocycles. The van der Waals surface area contributed by atoms with E-state index < -0.39 is 82.0 Å². The number of carbonyl (C=O) groups excluding carboxylic acids is 5. The molecule has 0 aromatic heterocycles. The van der Waals surface area contributed by atoms with E-state index in [4.69, 9.17) is 23.7 Å². The van der Waals surface area contributed by atoms with Crippen LogP contribution in [-0.2, 0) is 47.7 Å².